The van der Waals surface area contributed by atoms with Crippen LogP contribution in [0, 0.1) is 0 Å². The fourth-order valence-electron chi connectivity index (χ4n) is 4.27. The van der Waals surface area contributed by atoms with Crippen molar-refractivity contribution < 1.29 is 22.7 Å². The summed E-state index contributed by atoms with van der Waals surface area (Å²) in [6.07, 6.45) is 1.68. The SMILES string of the molecule is COc1ccc(CCC(=O)N2CCN(C(=O)c3cccc(N4CCCS4(=O)=O)c3)CC2)cc1. The molecule has 2 saturated heterocycles. The van der Waals surface area contributed by atoms with E-state index >= 15 is 0 Å². The number of sulfonamides is 1. The predicted molar refractivity (Wildman–Crippen MR) is 126 cm³/mol. The Kier molecular flexibility index (Phi) is 6.88. The molecule has 8 nitrogen and oxygen atoms in total. The Labute approximate surface area is 194 Å². The molecule has 0 bridgehead atoms. The van der Waals surface area contributed by atoms with E-state index in [1.165, 1.54) is 4.31 Å². The van der Waals surface area contributed by atoms with Gasteiger partial charge in [-0.05, 0) is 48.7 Å². The Balaban J connectivity index is 1.30. The molecule has 0 spiro atoms. The molecule has 2 aromatic rings. The minimum absolute atomic E-state index is 0.0826. The van der Waals surface area contributed by atoms with E-state index in [1.54, 1.807) is 41.2 Å². The van der Waals surface area contributed by atoms with Crippen LogP contribution in [0.4, 0.5) is 5.69 Å². The van der Waals surface area contributed by atoms with E-state index in [1.807, 2.05) is 24.3 Å². The topological polar surface area (TPSA) is 87.2 Å². The third-order valence-electron chi connectivity index (χ3n) is 6.19. The van der Waals surface area contributed by atoms with E-state index in [2.05, 4.69) is 0 Å². The number of amides is 2. The zero-order chi connectivity index (χ0) is 23.4. The molecule has 0 atom stereocenters. The molecule has 2 fully saturated rings. The smallest absolute Gasteiger partial charge is 0.254 e. The largest absolute Gasteiger partial charge is 0.497 e. The van der Waals surface area contributed by atoms with Gasteiger partial charge < -0.3 is 14.5 Å². The summed E-state index contributed by atoms with van der Waals surface area (Å²) in [5, 5.41) is 0. The summed E-state index contributed by atoms with van der Waals surface area (Å²) in [4.78, 5) is 29.2. The van der Waals surface area contributed by atoms with Crippen LogP contribution in [0.5, 0.6) is 5.75 Å². The highest BCUT2D eigenvalue weighted by Crippen LogP contribution is 2.25. The highest BCUT2D eigenvalue weighted by Gasteiger charge is 2.30. The van der Waals surface area contributed by atoms with E-state index in [0.29, 0.717) is 63.2 Å². The Morgan fingerprint density at radius 1 is 0.939 bits per heavy atom. The molecule has 0 saturated carbocycles. The molecule has 0 aliphatic carbocycles. The van der Waals surface area contributed by atoms with Crippen molar-refractivity contribution in [2.24, 2.45) is 0 Å². The molecule has 33 heavy (non-hydrogen) atoms. The molecule has 0 unspecified atom stereocenters. The minimum Gasteiger partial charge on any atom is -0.497 e. The van der Waals surface area contributed by atoms with Gasteiger partial charge in [-0.2, -0.15) is 0 Å². The van der Waals surface area contributed by atoms with Crippen molar-refractivity contribution in [1.29, 1.82) is 0 Å². The average Bonchev–Trinajstić information content (AvgIpc) is 3.21. The summed E-state index contributed by atoms with van der Waals surface area (Å²) in [5.41, 5.74) is 2.08. The van der Waals surface area contributed by atoms with Crippen molar-refractivity contribution >= 4 is 27.5 Å². The maximum atomic E-state index is 13.0. The maximum absolute atomic E-state index is 13.0. The fraction of sp³-hybridized carbons (Fsp3) is 0.417. The van der Waals surface area contributed by atoms with Crippen molar-refractivity contribution in [1.82, 2.24) is 9.80 Å². The number of hydrogen-bond donors (Lipinski definition) is 0. The van der Waals surface area contributed by atoms with E-state index in [0.717, 1.165) is 11.3 Å². The van der Waals surface area contributed by atoms with Crippen LogP contribution >= 0.6 is 0 Å². The highest BCUT2D eigenvalue weighted by molar-refractivity contribution is 7.93. The zero-order valence-electron chi connectivity index (χ0n) is 18.8. The lowest BCUT2D eigenvalue weighted by molar-refractivity contribution is -0.132. The third-order valence-corrected chi connectivity index (χ3v) is 8.06. The van der Waals surface area contributed by atoms with Crippen LogP contribution in [0.1, 0.15) is 28.8 Å². The molecule has 2 aliphatic rings. The summed E-state index contributed by atoms with van der Waals surface area (Å²) < 4.78 is 30.9. The van der Waals surface area contributed by atoms with Gasteiger partial charge in [0.1, 0.15) is 5.75 Å². The van der Waals surface area contributed by atoms with Gasteiger partial charge in [0.05, 0.1) is 18.6 Å². The first-order valence-electron chi connectivity index (χ1n) is 11.2. The normalized spacial score (nSPS) is 17.8. The summed E-state index contributed by atoms with van der Waals surface area (Å²) >= 11 is 0. The molecule has 9 heteroatoms. The van der Waals surface area contributed by atoms with E-state index < -0.39 is 10.0 Å². The molecule has 0 aromatic heterocycles. The zero-order valence-corrected chi connectivity index (χ0v) is 19.6. The van der Waals surface area contributed by atoms with Gasteiger partial charge in [0, 0.05) is 44.7 Å². The summed E-state index contributed by atoms with van der Waals surface area (Å²) in [6, 6.07) is 14.5. The summed E-state index contributed by atoms with van der Waals surface area (Å²) in [6.45, 7) is 2.34. The monoisotopic (exact) mass is 471 g/mol. The second kappa shape index (κ2) is 9.82. The van der Waals surface area contributed by atoms with Gasteiger partial charge >= 0.3 is 0 Å². The van der Waals surface area contributed by atoms with E-state index in [4.69, 9.17) is 4.74 Å². The lowest BCUT2D eigenvalue weighted by Gasteiger charge is -2.35. The Hall–Kier alpha value is -3.07. The van der Waals surface area contributed by atoms with Crippen molar-refractivity contribution in [2.45, 2.75) is 19.3 Å². The van der Waals surface area contributed by atoms with Gasteiger partial charge in [-0.15, -0.1) is 0 Å². The van der Waals surface area contributed by atoms with Crippen LogP contribution in [0.25, 0.3) is 0 Å². The van der Waals surface area contributed by atoms with Gasteiger partial charge in [-0.3, -0.25) is 13.9 Å². The minimum atomic E-state index is -3.30. The van der Waals surface area contributed by atoms with Crippen molar-refractivity contribution in [3.8, 4) is 5.75 Å². The number of carbonyl (C=O) groups is 2. The highest BCUT2D eigenvalue weighted by atomic mass is 32.2. The maximum Gasteiger partial charge on any atom is 0.254 e. The number of piperazine rings is 1. The molecule has 2 aliphatic heterocycles. The number of methoxy groups -OCH3 is 1. The van der Waals surface area contributed by atoms with Gasteiger partial charge in [-0.1, -0.05) is 18.2 Å². The number of hydrogen-bond acceptors (Lipinski definition) is 5. The van der Waals surface area contributed by atoms with Crippen LogP contribution < -0.4 is 9.04 Å². The van der Waals surface area contributed by atoms with Crippen LogP contribution in [0.3, 0.4) is 0 Å². The molecule has 176 valence electrons. The number of benzene rings is 2. The Morgan fingerprint density at radius 3 is 2.27 bits per heavy atom. The summed E-state index contributed by atoms with van der Waals surface area (Å²) in [7, 11) is -1.67. The standard InChI is InChI=1S/C24H29N3O5S/c1-32-22-9-6-19(7-10-22)8-11-23(28)25-13-15-26(16-14-25)24(29)20-4-2-5-21(18-20)27-12-3-17-33(27,30)31/h2,4-7,9-10,18H,3,8,11-17H2,1H3. The first-order valence-corrected chi connectivity index (χ1v) is 12.8. The van der Waals surface area contributed by atoms with Crippen molar-refractivity contribution in [3.05, 3.63) is 59.7 Å². The first-order chi connectivity index (χ1) is 15.9. The van der Waals surface area contributed by atoms with E-state index in [-0.39, 0.29) is 17.6 Å². The first kappa shape index (κ1) is 23.1. The van der Waals surface area contributed by atoms with Crippen LogP contribution in [0.2, 0.25) is 0 Å². The lowest BCUT2D eigenvalue weighted by atomic mass is 10.1. The quantitative estimate of drug-likeness (QED) is 0.644. The van der Waals surface area contributed by atoms with Gasteiger partial charge in [0.2, 0.25) is 15.9 Å². The molecule has 2 heterocycles. The molecular formula is C24H29N3O5S. The van der Waals surface area contributed by atoms with Gasteiger partial charge in [0.15, 0.2) is 0 Å². The van der Waals surface area contributed by atoms with Gasteiger partial charge in [0.25, 0.3) is 5.91 Å². The molecule has 0 radical (unpaired) electrons. The van der Waals surface area contributed by atoms with Crippen molar-refractivity contribution in [2.75, 3.05) is 49.9 Å². The van der Waals surface area contributed by atoms with Crippen LogP contribution in [-0.2, 0) is 21.2 Å². The number of ether oxygens (including phenoxy) is 1. The van der Waals surface area contributed by atoms with Crippen LogP contribution in [0.15, 0.2) is 48.5 Å². The van der Waals surface area contributed by atoms with Crippen molar-refractivity contribution in [3.63, 3.8) is 0 Å². The summed E-state index contributed by atoms with van der Waals surface area (Å²) in [5.74, 6) is 0.871. The molecular weight excluding hydrogens is 442 g/mol. The second-order valence-corrected chi connectivity index (χ2v) is 10.3. The van der Waals surface area contributed by atoms with E-state index in [9.17, 15) is 18.0 Å². The predicted octanol–water partition coefficient (Wildman–Crippen LogP) is 2.15. The lowest BCUT2D eigenvalue weighted by Crippen LogP contribution is -2.50. The molecule has 0 N–H and O–H groups in total. The number of aryl methyl sites for hydroxylation is 1. The molecule has 2 amide bonds. The molecule has 2 aromatic carbocycles. The Morgan fingerprint density at radius 2 is 1.64 bits per heavy atom. The number of carbonyl (C=O) groups excluding carboxylic acids is 2. The number of anilines is 1. The van der Waals surface area contributed by atoms with Crippen LogP contribution in [-0.4, -0.2) is 75.6 Å². The average molecular weight is 472 g/mol. The van der Waals surface area contributed by atoms with Gasteiger partial charge in [-0.25, -0.2) is 8.42 Å². The fourth-order valence-corrected chi connectivity index (χ4v) is 5.82. The third kappa shape index (κ3) is 5.30. The number of nitrogens with zero attached hydrogens (tertiary/aromatic N) is 3. The second-order valence-electron chi connectivity index (χ2n) is 8.31. The molecule has 4 rings (SSSR count). The number of rotatable bonds is 6. The Bertz CT molecular complexity index is 1110.